The molecule has 0 aliphatic heterocycles. The quantitative estimate of drug-likeness (QED) is 0.624. The van der Waals surface area contributed by atoms with Crippen molar-refractivity contribution in [1.82, 2.24) is 0 Å². The minimum absolute atomic E-state index is 0. The van der Waals surface area contributed by atoms with E-state index in [9.17, 15) is 4.57 Å². The summed E-state index contributed by atoms with van der Waals surface area (Å²) in [4.78, 5) is 18.0. The second-order valence-corrected chi connectivity index (χ2v) is 7.96. The van der Waals surface area contributed by atoms with Crippen molar-refractivity contribution in [2.75, 3.05) is 0 Å². The number of rotatable bonds is 2. The Morgan fingerprint density at radius 2 is 1.41 bits per heavy atom. The average Bonchev–Trinajstić information content (AvgIpc) is 2.11. The fourth-order valence-electron chi connectivity index (χ4n) is 1.79. The SMILES string of the molecule is CC(C)(C)c1ccc(OP(=O)(O)O)c(C(C)(C)C)c1.[H-].[H-].[H-].[H-].[H-].[H-].[Mg+2].[Mg+2].[Mg+2]. The first-order valence-electron chi connectivity index (χ1n) is 6.21. The maximum atomic E-state index is 11.0. The van der Waals surface area contributed by atoms with Crippen LogP contribution in [0.1, 0.15) is 61.2 Å². The summed E-state index contributed by atoms with van der Waals surface area (Å²) in [5.41, 5.74) is 1.62. The molecule has 1 aromatic carbocycles. The number of phosphoric ester groups is 1. The number of phosphoric acid groups is 1. The van der Waals surface area contributed by atoms with E-state index in [0.717, 1.165) is 11.1 Å². The zero-order valence-electron chi connectivity index (χ0n) is 20.5. The van der Waals surface area contributed by atoms with Gasteiger partial charge in [-0.2, -0.15) is 0 Å². The van der Waals surface area contributed by atoms with Crippen molar-refractivity contribution >= 4 is 77.0 Å². The van der Waals surface area contributed by atoms with Crippen LogP contribution < -0.4 is 4.52 Å². The summed E-state index contributed by atoms with van der Waals surface area (Å²) in [5.74, 6) is 0.244. The fraction of sp³-hybridized carbons (Fsp3) is 0.571. The van der Waals surface area contributed by atoms with Gasteiger partial charge in [-0.05, 0) is 22.5 Å². The van der Waals surface area contributed by atoms with Crippen molar-refractivity contribution in [1.29, 1.82) is 0 Å². The first-order chi connectivity index (χ1) is 8.31. The van der Waals surface area contributed by atoms with Crippen molar-refractivity contribution in [3.63, 3.8) is 0 Å². The molecule has 0 radical (unpaired) electrons. The molecule has 0 saturated heterocycles. The van der Waals surface area contributed by atoms with Gasteiger partial charge in [-0.25, -0.2) is 4.57 Å². The molecule has 8 heteroatoms. The van der Waals surface area contributed by atoms with Crippen molar-refractivity contribution < 1.29 is 27.4 Å². The van der Waals surface area contributed by atoms with Crippen molar-refractivity contribution in [2.45, 2.75) is 52.4 Å². The summed E-state index contributed by atoms with van der Waals surface area (Å²) in [6.07, 6.45) is 0. The Balaban J connectivity index is -0.0000000573. The molecule has 0 atom stereocenters. The Morgan fingerprint density at radius 1 is 0.955 bits per heavy atom. The summed E-state index contributed by atoms with van der Waals surface area (Å²) < 4.78 is 15.8. The zero-order valence-corrected chi connectivity index (χ0v) is 19.6. The van der Waals surface area contributed by atoms with Gasteiger partial charge in [-0.1, -0.05) is 53.7 Å². The third kappa shape index (κ3) is 9.08. The van der Waals surface area contributed by atoms with Crippen LogP contribution >= 0.6 is 7.82 Å². The molecule has 0 unspecified atom stereocenters. The van der Waals surface area contributed by atoms with Crippen LogP contribution in [0.15, 0.2) is 18.2 Å². The van der Waals surface area contributed by atoms with Gasteiger partial charge in [0.25, 0.3) is 0 Å². The van der Waals surface area contributed by atoms with E-state index < -0.39 is 7.82 Å². The largest absolute Gasteiger partial charge is 2.00 e. The van der Waals surface area contributed by atoms with Crippen LogP contribution in [0, 0.1) is 0 Å². The van der Waals surface area contributed by atoms with Gasteiger partial charge < -0.3 is 13.1 Å². The molecule has 0 aromatic heterocycles. The van der Waals surface area contributed by atoms with E-state index >= 15 is 0 Å². The van der Waals surface area contributed by atoms with E-state index in [-0.39, 0.29) is 94.3 Å². The molecular weight excluding hydrogens is 336 g/mol. The van der Waals surface area contributed by atoms with E-state index in [0.29, 0.717) is 0 Å². The molecule has 0 heterocycles. The van der Waals surface area contributed by atoms with Gasteiger partial charge in [0.05, 0.1) is 0 Å². The van der Waals surface area contributed by atoms with Gasteiger partial charge in [0.1, 0.15) is 5.75 Å². The van der Waals surface area contributed by atoms with Crippen molar-refractivity contribution in [2.24, 2.45) is 0 Å². The van der Waals surface area contributed by atoms with E-state index in [4.69, 9.17) is 14.3 Å². The smallest absolute Gasteiger partial charge is 1.00 e. The van der Waals surface area contributed by atoms with Crippen LogP contribution in [0.25, 0.3) is 0 Å². The molecule has 0 aliphatic rings. The Hall–Kier alpha value is 1.47. The van der Waals surface area contributed by atoms with Crippen LogP contribution in [-0.2, 0) is 15.4 Å². The fourth-order valence-corrected chi connectivity index (χ4v) is 2.21. The normalized spacial score (nSPS) is 11.6. The first-order valence-corrected chi connectivity index (χ1v) is 7.74. The van der Waals surface area contributed by atoms with Gasteiger partial charge in [0.15, 0.2) is 0 Å². The van der Waals surface area contributed by atoms with Crippen LogP contribution in [0.5, 0.6) is 5.75 Å². The first kappa shape index (κ1) is 28.3. The van der Waals surface area contributed by atoms with Gasteiger partial charge in [-0.15, -0.1) is 0 Å². The summed E-state index contributed by atoms with van der Waals surface area (Å²) in [5, 5.41) is 0. The molecule has 0 spiro atoms. The maximum Gasteiger partial charge on any atom is 2.00 e. The standard InChI is InChI=1S/C14H23O4P.3Mg.6H/c1-13(2,3)10-7-8-12(18-19(15,16)17)11(9-10)14(4,5)6;;;;;;;;;/h7-9H,1-6H3,(H2,15,16,17);;;;;;;;;/q;3*+2;6*-1. The molecule has 120 valence electrons. The molecule has 1 rings (SSSR count). The van der Waals surface area contributed by atoms with Crippen LogP contribution in [-0.4, -0.2) is 78.9 Å². The molecule has 0 fully saturated rings. The van der Waals surface area contributed by atoms with E-state index in [1.807, 2.05) is 32.9 Å². The molecule has 0 aliphatic carbocycles. The summed E-state index contributed by atoms with van der Waals surface area (Å²) in [6, 6.07) is 5.45. The Labute approximate surface area is 190 Å². The topological polar surface area (TPSA) is 66.8 Å². The molecule has 0 bridgehead atoms. The number of hydrogen-bond donors (Lipinski definition) is 2. The van der Waals surface area contributed by atoms with Gasteiger partial charge in [0.2, 0.25) is 0 Å². The molecule has 4 nitrogen and oxygen atoms in total. The summed E-state index contributed by atoms with van der Waals surface area (Å²) in [7, 11) is -4.54. The molecule has 1 aromatic rings. The second-order valence-electron chi connectivity index (χ2n) is 6.79. The minimum Gasteiger partial charge on any atom is -1.00 e. The average molecular weight is 365 g/mol. The maximum absolute atomic E-state index is 11.0. The molecule has 0 amide bonds. The van der Waals surface area contributed by atoms with Crippen LogP contribution in [0.3, 0.4) is 0 Å². The minimum atomic E-state index is -4.54. The van der Waals surface area contributed by atoms with Gasteiger partial charge in [-0.3, -0.25) is 9.79 Å². The molecule has 22 heavy (non-hydrogen) atoms. The second kappa shape index (κ2) is 9.82. The van der Waals surface area contributed by atoms with Gasteiger partial charge >= 0.3 is 77.0 Å². The third-order valence-corrected chi connectivity index (χ3v) is 3.31. The molecule has 0 saturated carbocycles. The van der Waals surface area contributed by atoms with Crippen LogP contribution in [0.2, 0.25) is 0 Å². The van der Waals surface area contributed by atoms with Crippen molar-refractivity contribution in [3.8, 4) is 5.75 Å². The van der Waals surface area contributed by atoms with E-state index in [1.54, 1.807) is 6.07 Å². The molecule has 2 N–H and O–H groups in total. The van der Waals surface area contributed by atoms with E-state index in [1.165, 1.54) is 0 Å². The van der Waals surface area contributed by atoms with Gasteiger partial charge in [0, 0.05) is 5.56 Å². The Kier molecular flexibility index (Phi) is 12.6. The Bertz CT molecular complexity index is 537. The Morgan fingerprint density at radius 3 is 1.73 bits per heavy atom. The third-order valence-electron chi connectivity index (χ3n) is 2.87. The number of hydrogen-bond acceptors (Lipinski definition) is 2. The zero-order chi connectivity index (χ0) is 15.1. The number of benzene rings is 1. The molecular formula is C14H29Mg3O4P. The predicted molar refractivity (Wildman–Crippen MR) is 100 cm³/mol. The van der Waals surface area contributed by atoms with E-state index in [2.05, 4.69) is 20.8 Å². The van der Waals surface area contributed by atoms with Crippen LogP contribution in [0.4, 0.5) is 0 Å². The predicted octanol–water partition coefficient (Wildman–Crippen LogP) is 3.29. The summed E-state index contributed by atoms with van der Waals surface area (Å²) >= 11 is 0. The summed E-state index contributed by atoms with van der Waals surface area (Å²) in [6.45, 7) is 12.2. The van der Waals surface area contributed by atoms with Crippen molar-refractivity contribution in [3.05, 3.63) is 29.3 Å². The monoisotopic (exact) mass is 364 g/mol.